The summed E-state index contributed by atoms with van der Waals surface area (Å²) in [5, 5.41) is 4.82. The number of piperidine rings is 1. The second-order valence-corrected chi connectivity index (χ2v) is 8.60. The maximum Gasteiger partial charge on any atom is 0.253 e. The lowest BCUT2D eigenvalue weighted by Crippen LogP contribution is -2.39. The minimum Gasteiger partial charge on any atom is -0.338 e. The number of benzene rings is 2. The highest BCUT2D eigenvalue weighted by Crippen LogP contribution is 2.29. The fraction of sp³-hybridized carbons (Fsp3) is 0.292. The van der Waals surface area contributed by atoms with E-state index >= 15 is 0 Å². The first-order chi connectivity index (χ1) is 15.1. The van der Waals surface area contributed by atoms with Gasteiger partial charge in [-0.2, -0.15) is 5.10 Å². The molecule has 6 nitrogen and oxygen atoms in total. The Morgan fingerprint density at radius 2 is 1.97 bits per heavy atom. The van der Waals surface area contributed by atoms with E-state index in [9.17, 15) is 4.79 Å². The third kappa shape index (κ3) is 3.95. The van der Waals surface area contributed by atoms with Crippen LogP contribution in [-0.2, 0) is 13.6 Å². The Kier molecular flexibility index (Phi) is 5.24. The van der Waals surface area contributed by atoms with Crippen molar-refractivity contribution in [2.75, 3.05) is 13.1 Å². The van der Waals surface area contributed by atoms with Gasteiger partial charge in [-0.3, -0.25) is 9.48 Å². The van der Waals surface area contributed by atoms with Crippen molar-refractivity contribution in [3.8, 4) is 0 Å². The van der Waals surface area contributed by atoms with Crippen molar-refractivity contribution in [2.24, 2.45) is 7.05 Å². The molecule has 0 spiro atoms. The van der Waals surface area contributed by atoms with Gasteiger partial charge in [0.1, 0.15) is 5.82 Å². The first-order valence-corrected chi connectivity index (χ1v) is 10.9. The molecule has 4 aromatic rings. The summed E-state index contributed by atoms with van der Waals surface area (Å²) in [6.45, 7) is 2.11. The number of halogens is 1. The van der Waals surface area contributed by atoms with Gasteiger partial charge in [-0.1, -0.05) is 35.9 Å². The molecule has 0 aliphatic carbocycles. The van der Waals surface area contributed by atoms with Gasteiger partial charge in [0.15, 0.2) is 0 Å². The molecule has 158 valence electrons. The zero-order valence-electron chi connectivity index (χ0n) is 17.4. The van der Waals surface area contributed by atoms with Crippen LogP contribution < -0.4 is 0 Å². The summed E-state index contributed by atoms with van der Waals surface area (Å²) in [6, 6.07) is 16.0. The predicted octanol–water partition coefficient (Wildman–Crippen LogP) is 4.49. The molecule has 1 unspecified atom stereocenters. The number of hydrogen-bond acceptors (Lipinski definition) is 3. The number of likely N-dealkylation sites (tertiary alicyclic amines) is 1. The number of fused-ring (bicyclic) bond motifs is 1. The lowest BCUT2D eigenvalue weighted by atomic mass is 9.96. The molecule has 7 heteroatoms. The van der Waals surface area contributed by atoms with Crippen molar-refractivity contribution in [3.63, 3.8) is 0 Å². The fourth-order valence-corrected chi connectivity index (χ4v) is 4.61. The van der Waals surface area contributed by atoms with Gasteiger partial charge in [-0.05, 0) is 42.7 Å². The summed E-state index contributed by atoms with van der Waals surface area (Å²) >= 11 is 5.93. The number of aryl methyl sites for hydroxylation is 1. The Morgan fingerprint density at radius 1 is 1.16 bits per heavy atom. The number of imidazole rings is 1. The van der Waals surface area contributed by atoms with Crippen molar-refractivity contribution in [3.05, 3.63) is 82.9 Å². The number of para-hydroxylation sites is 2. The molecule has 1 fully saturated rings. The maximum absolute atomic E-state index is 13.2. The number of rotatable bonds is 4. The average molecular weight is 434 g/mol. The Balaban J connectivity index is 1.30. The van der Waals surface area contributed by atoms with Crippen LogP contribution in [-0.4, -0.2) is 43.2 Å². The molecule has 0 radical (unpaired) electrons. The zero-order valence-corrected chi connectivity index (χ0v) is 18.2. The molecule has 0 N–H and O–H groups in total. The van der Waals surface area contributed by atoms with Crippen LogP contribution >= 0.6 is 11.6 Å². The lowest BCUT2D eigenvalue weighted by Gasteiger charge is -2.32. The zero-order chi connectivity index (χ0) is 21.4. The van der Waals surface area contributed by atoms with Gasteiger partial charge in [0.2, 0.25) is 0 Å². The predicted molar refractivity (Wildman–Crippen MR) is 121 cm³/mol. The molecule has 0 bridgehead atoms. The summed E-state index contributed by atoms with van der Waals surface area (Å²) in [5.74, 6) is 1.39. The van der Waals surface area contributed by atoms with Crippen LogP contribution in [0, 0.1) is 0 Å². The molecule has 1 amide bonds. The number of nitrogens with zero attached hydrogens (tertiary/aromatic N) is 5. The van der Waals surface area contributed by atoms with Gasteiger partial charge in [0.05, 0.1) is 28.8 Å². The van der Waals surface area contributed by atoms with Crippen molar-refractivity contribution in [1.82, 2.24) is 24.2 Å². The maximum atomic E-state index is 13.2. The third-order valence-corrected chi connectivity index (χ3v) is 6.24. The van der Waals surface area contributed by atoms with Gasteiger partial charge in [-0.25, -0.2) is 4.98 Å². The summed E-state index contributed by atoms with van der Waals surface area (Å²) in [4.78, 5) is 20.0. The van der Waals surface area contributed by atoms with E-state index in [0.29, 0.717) is 23.7 Å². The molecule has 1 atom stereocenters. The molecular weight excluding hydrogens is 410 g/mol. The Bertz CT molecular complexity index is 1230. The van der Waals surface area contributed by atoms with Crippen molar-refractivity contribution < 1.29 is 4.79 Å². The lowest BCUT2D eigenvalue weighted by molar-refractivity contribution is 0.0703. The van der Waals surface area contributed by atoms with Gasteiger partial charge >= 0.3 is 0 Å². The molecule has 2 aromatic heterocycles. The summed E-state index contributed by atoms with van der Waals surface area (Å²) in [7, 11) is 2.07. The summed E-state index contributed by atoms with van der Waals surface area (Å²) < 4.78 is 3.95. The Hall–Kier alpha value is -3.12. The quantitative estimate of drug-likeness (QED) is 0.476. The molecule has 1 aliphatic heterocycles. The number of aromatic nitrogens is 4. The number of carbonyl (C=O) groups is 1. The first kappa shape index (κ1) is 19.8. The van der Waals surface area contributed by atoms with E-state index in [1.54, 1.807) is 17.1 Å². The van der Waals surface area contributed by atoms with E-state index in [-0.39, 0.29) is 11.8 Å². The van der Waals surface area contributed by atoms with Gasteiger partial charge in [-0.15, -0.1) is 0 Å². The Labute approximate surface area is 186 Å². The van der Waals surface area contributed by atoms with Crippen molar-refractivity contribution in [1.29, 1.82) is 0 Å². The van der Waals surface area contributed by atoms with E-state index in [1.807, 2.05) is 47.4 Å². The third-order valence-electron chi connectivity index (χ3n) is 6.04. The largest absolute Gasteiger partial charge is 0.338 e. The molecule has 31 heavy (non-hydrogen) atoms. The second kappa shape index (κ2) is 8.19. The van der Waals surface area contributed by atoms with Gasteiger partial charge in [0, 0.05) is 37.8 Å². The highest BCUT2D eigenvalue weighted by atomic mass is 35.5. The topological polar surface area (TPSA) is 56.0 Å². The van der Waals surface area contributed by atoms with Crippen LogP contribution in [0.4, 0.5) is 0 Å². The van der Waals surface area contributed by atoms with E-state index < -0.39 is 0 Å². The number of hydrogen-bond donors (Lipinski definition) is 0. The van der Waals surface area contributed by atoms with Crippen molar-refractivity contribution >= 4 is 28.5 Å². The molecule has 1 aliphatic rings. The molecule has 0 saturated carbocycles. The van der Waals surface area contributed by atoms with Crippen LogP contribution in [0.2, 0.25) is 5.02 Å². The first-order valence-electron chi connectivity index (χ1n) is 10.6. The van der Waals surface area contributed by atoms with Crippen LogP contribution in [0.1, 0.15) is 40.5 Å². The molecule has 2 aromatic carbocycles. The Morgan fingerprint density at radius 3 is 2.71 bits per heavy atom. The summed E-state index contributed by atoms with van der Waals surface area (Å²) in [6.07, 6.45) is 5.44. The van der Waals surface area contributed by atoms with Gasteiger partial charge < -0.3 is 9.47 Å². The van der Waals surface area contributed by atoms with E-state index in [1.165, 1.54) is 0 Å². The molecule has 5 rings (SSSR count). The van der Waals surface area contributed by atoms with E-state index in [0.717, 1.165) is 41.8 Å². The smallest absolute Gasteiger partial charge is 0.253 e. The standard InChI is InChI=1S/C24H24ClN5O/c1-28-22-7-3-2-6-21(22)27-23(28)19-5-4-12-29(15-19)24(31)18-10-8-17(9-11-18)14-30-16-20(25)13-26-30/h2-3,6-11,13,16,19H,4-5,12,14-15H2,1H3. The minimum absolute atomic E-state index is 0.0807. The van der Waals surface area contributed by atoms with Crippen LogP contribution in [0.25, 0.3) is 11.0 Å². The number of amides is 1. The second-order valence-electron chi connectivity index (χ2n) is 8.16. The van der Waals surface area contributed by atoms with Crippen molar-refractivity contribution in [2.45, 2.75) is 25.3 Å². The normalized spacial score (nSPS) is 16.7. The van der Waals surface area contributed by atoms with Crippen LogP contribution in [0.3, 0.4) is 0 Å². The van der Waals surface area contributed by atoms with E-state index in [4.69, 9.17) is 16.6 Å². The fourth-order valence-electron chi connectivity index (χ4n) is 4.45. The minimum atomic E-state index is 0.0807. The SMILES string of the molecule is Cn1c(C2CCCN(C(=O)c3ccc(Cn4cc(Cl)cn4)cc3)C2)nc2ccccc21. The summed E-state index contributed by atoms with van der Waals surface area (Å²) in [5.41, 5.74) is 3.94. The van der Waals surface area contributed by atoms with Gasteiger partial charge in [0.25, 0.3) is 5.91 Å². The average Bonchev–Trinajstić information content (AvgIpc) is 3.36. The molecule has 1 saturated heterocycles. The monoisotopic (exact) mass is 433 g/mol. The van der Waals surface area contributed by atoms with E-state index in [2.05, 4.69) is 22.8 Å². The van der Waals surface area contributed by atoms with Crippen LogP contribution in [0.15, 0.2) is 60.9 Å². The van der Waals surface area contributed by atoms with Crippen LogP contribution in [0.5, 0.6) is 0 Å². The number of carbonyl (C=O) groups excluding carboxylic acids is 1. The molecular formula is C24H24ClN5O. The highest BCUT2D eigenvalue weighted by Gasteiger charge is 2.28. The molecule has 3 heterocycles. The highest BCUT2D eigenvalue weighted by molar-refractivity contribution is 6.30.